The number of primary amides is 1. The van der Waals surface area contributed by atoms with E-state index in [9.17, 15) is 17.6 Å². The third-order valence-corrected chi connectivity index (χ3v) is 4.50. The highest BCUT2D eigenvalue weighted by Gasteiger charge is 2.15. The third kappa shape index (κ3) is 8.61. The van der Waals surface area contributed by atoms with Crippen molar-refractivity contribution < 1.29 is 22.3 Å². The van der Waals surface area contributed by atoms with Gasteiger partial charge in [-0.1, -0.05) is 12.1 Å². The molecule has 0 aliphatic carbocycles. The monoisotopic (exact) mass is 359 g/mol. The zero-order valence-electron chi connectivity index (χ0n) is 13.4. The number of hydrogen-bond acceptors (Lipinski definition) is 5. The zero-order chi connectivity index (χ0) is 18.0. The first-order valence-corrected chi connectivity index (χ1v) is 8.98. The van der Waals surface area contributed by atoms with Crippen molar-refractivity contribution in [3.63, 3.8) is 0 Å². The minimum absolute atomic E-state index is 0.107. The number of carbonyl (C=O) groups excluding carboxylic acids is 1. The van der Waals surface area contributed by atoms with Crippen LogP contribution >= 0.6 is 0 Å². The van der Waals surface area contributed by atoms with Crippen LogP contribution in [0.15, 0.2) is 36.5 Å². The fraction of sp³-hybridized carbons (Fsp3) is 0.400. The van der Waals surface area contributed by atoms with Crippen molar-refractivity contribution in [2.75, 3.05) is 19.1 Å². The molecule has 0 fully saturated rings. The third-order valence-electron chi connectivity index (χ3n) is 2.96. The molecule has 0 aliphatic heterocycles. The van der Waals surface area contributed by atoms with Crippen LogP contribution in [0, 0.1) is 5.82 Å². The maximum absolute atomic E-state index is 13.2. The molecule has 0 bridgehead atoms. The molecular weight excluding hydrogens is 337 g/mol. The van der Waals surface area contributed by atoms with Crippen molar-refractivity contribution in [3.8, 4) is 0 Å². The van der Waals surface area contributed by atoms with Gasteiger partial charge in [0.2, 0.25) is 15.9 Å². The molecular formula is C15H22FN3O4S. The van der Waals surface area contributed by atoms with E-state index >= 15 is 0 Å². The van der Waals surface area contributed by atoms with E-state index in [1.807, 2.05) is 0 Å². The first kappa shape index (κ1) is 20.1. The number of rotatable bonds is 11. The van der Waals surface area contributed by atoms with Crippen LogP contribution in [0.2, 0.25) is 0 Å². The van der Waals surface area contributed by atoms with Crippen molar-refractivity contribution in [2.45, 2.75) is 19.4 Å². The summed E-state index contributed by atoms with van der Waals surface area (Å²) in [5, 5.41) is 2.67. The van der Waals surface area contributed by atoms with E-state index in [2.05, 4.69) is 10.0 Å². The number of amides is 1. The van der Waals surface area contributed by atoms with E-state index in [4.69, 9.17) is 10.5 Å². The van der Waals surface area contributed by atoms with E-state index < -0.39 is 27.8 Å². The van der Waals surface area contributed by atoms with Crippen LogP contribution in [0.1, 0.15) is 24.9 Å². The average molecular weight is 359 g/mol. The molecule has 0 radical (unpaired) electrons. The molecule has 1 rings (SSSR count). The maximum Gasteiger partial charge on any atom is 0.242 e. The fourth-order valence-electron chi connectivity index (χ4n) is 1.84. The molecule has 1 aromatic rings. The first-order valence-electron chi connectivity index (χ1n) is 7.33. The van der Waals surface area contributed by atoms with Gasteiger partial charge in [-0.25, -0.2) is 17.5 Å². The summed E-state index contributed by atoms with van der Waals surface area (Å²) in [5.41, 5.74) is 5.45. The van der Waals surface area contributed by atoms with Gasteiger partial charge in [0.05, 0.1) is 5.75 Å². The van der Waals surface area contributed by atoms with Gasteiger partial charge in [-0.3, -0.25) is 4.79 Å². The van der Waals surface area contributed by atoms with Crippen LogP contribution in [0.4, 0.5) is 4.39 Å². The Morgan fingerprint density at radius 1 is 1.46 bits per heavy atom. The second kappa shape index (κ2) is 10.0. The van der Waals surface area contributed by atoms with Crippen molar-refractivity contribution in [1.82, 2.24) is 10.0 Å². The Balaban J connectivity index is 2.28. The predicted octanol–water partition coefficient (Wildman–Crippen LogP) is 0.759. The minimum atomic E-state index is -3.50. The van der Waals surface area contributed by atoms with Gasteiger partial charge in [-0.05, 0) is 31.0 Å². The molecule has 134 valence electrons. The standard InChI is InChI=1S/C15H22FN3O4S/c1-12(13-4-2-5-14(16)10-13)19-24(21,22)9-3-8-23-11-18-7-6-15(17)20/h2,4-7,10,12,18-19H,3,8-9,11H2,1H3,(H2,17,20)/b7-6-/t12-/m1/s1. The summed E-state index contributed by atoms with van der Waals surface area (Å²) < 4.78 is 44.7. The van der Waals surface area contributed by atoms with E-state index in [-0.39, 0.29) is 19.1 Å². The molecule has 4 N–H and O–H groups in total. The molecule has 0 heterocycles. The average Bonchev–Trinajstić information content (AvgIpc) is 2.49. The molecule has 1 aromatic carbocycles. The lowest BCUT2D eigenvalue weighted by atomic mass is 10.1. The van der Waals surface area contributed by atoms with Gasteiger partial charge in [-0.15, -0.1) is 0 Å². The molecule has 0 saturated carbocycles. The number of ether oxygens (including phenoxy) is 1. The van der Waals surface area contributed by atoms with Gasteiger partial charge in [0.1, 0.15) is 12.5 Å². The van der Waals surface area contributed by atoms with Crippen LogP contribution in [-0.2, 0) is 19.6 Å². The van der Waals surface area contributed by atoms with Crippen LogP contribution in [0.5, 0.6) is 0 Å². The summed E-state index contributed by atoms with van der Waals surface area (Å²) in [6, 6.07) is 5.26. The second-order valence-corrected chi connectivity index (χ2v) is 6.93. The number of hydrogen-bond donors (Lipinski definition) is 3. The van der Waals surface area contributed by atoms with Crippen LogP contribution in [-0.4, -0.2) is 33.4 Å². The molecule has 0 aliphatic rings. The smallest absolute Gasteiger partial charge is 0.242 e. The first-order chi connectivity index (χ1) is 11.3. The van der Waals surface area contributed by atoms with Crippen LogP contribution in [0.3, 0.4) is 0 Å². The Bertz CT molecular complexity index is 664. The SMILES string of the molecule is C[C@@H](NS(=O)(=O)CCCOCN/C=C\C(N)=O)c1cccc(F)c1. The van der Waals surface area contributed by atoms with Crippen molar-refractivity contribution in [2.24, 2.45) is 5.73 Å². The Kier molecular flexibility index (Phi) is 8.37. The van der Waals surface area contributed by atoms with E-state index in [0.29, 0.717) is 12.0 Å². The molecule has 7 nitrogen and oxygen atoms in total. The summed E-state index contributed by atoms with van der Waals surface area (Å²) in [7, 11) is -3.50. The molecule has 0 spiro atoms. The summed E-state index contributed by atoms with van der Waals surface area (Å²) in [6.07, 6.45) is 2.79. The normalized spacial score (nSPS) is 13.1. The minimum Gasteiger partial charge on any atom is -0.369 e. The van der Waals surface area contributed by atoms with Crippen molar-refractivity contribution in [1.29, 1.82) is 0 Å². The highest BCUT2D eigenvalue weighted by molar-refractivity contribution is 7.89. The molecule has 1 amide bonds. The quantitative estimate of drug-likeness (QED) is 0.307. The molecule has 9 heteroatoms. The van der Waals surface area contributed by atoms with Gasteiger partial charge in [0, 0.05) is 24.9 Å². The molecule has 0 aromatic heterocycles. The highest BCUT2D eigenvalue weighted by atomic mass is 32.2. The van der Waals surface area contributed by atoms with Crippen LogP contribution in [0.25, 0.3) is 0 Å². The maximum atomic E-state index is 13.2. The molecule has 1 atom stereocenters. The molecule has 0 unspecified atom stereocenters. The van der Waals surface area contributed by atoms with Gasteiger partial charge in [0.25, 0.3) is 0 Å². The highest BCUT2D eigenvalue weighted by Crippen LogP contribution is 2.14. The molecule has 24 heavy (non-hydrogen) atoms. The predicted molar refractivity (Wildman–Crippen MR) is 88.6 cm³/mol. The Morgan fingerprint density at radius 2 is 2.21 bits per heavy atom. The zero-order valence-corrected chi connectivity index (χ0v) is 14.2. The number of halogens is 1. The van der Waals surface area contributed by atoms with Crippen LogP contribution < -0.4 is 15.8 Å². The van der Waals surface area contributed by atoms with Gasteiger partial charge < -0.3 is 15.8 Å². The number of nitrogens with one attached hydrogen (secondary N) is 2. The van der Waals surface area contributed by atoms with E-state index in [1.165, 1.54) is 24.4 Å². The second-order valence-electron chi connectivity index (χ2n) is 5.06. The number of benzene rings is 1. The summed E-state index contributed by atoms with van der Waals surface area (Å²) in [5.74, 6) is -1.10. The van der Waals surface area contributed by atoms with Crippen molar-refractivity contribution in [3.05, 3.63) is 47.9 Å². The van der Waals surface area contributed by atoms with E-state index in [0.717, 1.165) is 6.08 Å². The number of carbonyl (C=O) groups is 1. The lowest BCUT2D eigenvalue weighted by Crippen LogP contribution is -2.29. The van der Waals surface area contributed by atoms with Gasteiger partial charge >= 0.3 is 0 Å². The van der Waals surface area contributed by atoms with Gasteiger partial charge in [-0.2, -0.15) is 0 Å². The van der Waals surface area contributed by atoms with Crippen molar-refractivity contribution >= 4 is 15.9 Å². The summed E-state index contributed by atoms with van der Waals surface area (Å²) in [6.45, 7) is 2.02. The Hall–Kier alpha value is -1.97. The van der Waals surface area contributed by atoms with Gasteiger partial charge in [0.15, 0.2) is 0 Å². The number of sulfonamides is 1. The fourth-order valence-corrected chi connectivity index (χ4v) is 3.13. The largest absolute Gasteiger partial charge is 0.369 e. The van der Waals surface area contributed by atoms with E-state index in [1.54, 1.807) is 13.0 Å². The lowest BCUT2D eigenvalue weighted by molar-refractivity contribution is -0.113. The topological polar surface area (TPSA) is 111 Å². The Labute approximate surface area is 141 Å². The summed E-state index contributed by atoms with van der Waals surface area (Å²) >= 11 is 0. The number of nitrogens with two attached hydrogens (primary N) is 1. The molecule has 0 saturated heterocycles. The lowest BCUT2D eigenvalue weighted by Gasteiger charge is -2.14. The Morgan fingerprint density at radius 3 is 2.88 bits per heavy atom. The summed E-state index contributed by atoms with van der Waals surface area (Å²) in [4.78, 5) is 10.4.